The lowest BCUT2D eigenvalue weighted by atomic mass is 10.2. The molecule has 0 heterocycles. The van der Waals surface area contributed by atoms with Crippen LogP contribution in [0.1, 0.15) is 25.8 Å². The number of guanidine groups is 1. The highest BCUT2D eigenvalue weighted by atomic mass is 19.4. The van der Waals surface area contributed by atoms with Crippen LogP contribution >= 0.6 is 0 Å². The number of nitrogens with one attached hydrogen (secondary N) is 2. The predicted molar refractivity (Wildman–Crippen MR) is 83.5 cm³/mol. The van der Waals surface area contributed by atoms with E-state index >= 15 is 0 Å². The minimum Gasteiger partial charge on any atom is -0.484 e. The van der Waals surface area contributed by atoms with Crippen molar-refractivity contribution in [2.45, 2.75) is 39.0 Å². The van der Waals surface area contributed by atoms with Crippen LogP contribution in [-0.2, 0) is 6.54 Å². The van der Waals surface area contributed by atoms with Gasteiger partial charge in [0.2, 0.25) is 0 Å². The molecule has 0 aromatic heterocycles. The second-order valence-corrected chi connectivity index (χ2v) is 5.71. The molecule has 2 rings (SSSR count). The lowest BCUT2D eigenvalue weighted by Gasteiger charge is -2.11. The third-order valence-corrected chi connectivity index (χ3v) is 3.52. The normalized spacial score (nSPS) is 21.0. The molecule has 0 radical (unpaired) electrons. The molecule has 0 spiro atoms. The van der Waals surface area contributed by atoms with Crippen molar-refractivity contribution in [1.29, 1.82) is 0 Å². The Labute approximate surface area is 134 Å². The number of aliphatic imine (C=N–C) groups is 1. The topological polar surface area (TPSA) is 45.7 Å². The number of halogens is 3. The Morgan fingerprint density at radius 1 is 1.30 bits per heavy atom. The Kier molecular flexibility index (Phi) is 5.74. The van der Waals surface area contributed by atoms with Gasteiger partial charge in [0.1, 0.15) is 5.75 Å². The first-order valence-electron chi connectivity index (χ1n) is 7.70. The van der Waals surface area contributed by atoms with Gasteiger partial charge >= 0.3 is 6.18 Å². The smallest absolute Gasteiger partial charge is 0.422 e. The zero-order chi connectivity index (χ0) is 16.9. The monoisotopic (exact) mass is 329 g/mol. The summed E-state index contributed by atoms with van der Waals surface area (Å²) in [5.41, 5.74) is 0.908. The molecular weight excluding hydrogens is 307 g/mol. The number of alkyl halides is 3. The van der Waals surface area contributed by atoms with Crippen LogP contribution in [0.2, 0.25) is 0 Å². The summed E-state index contributed by atoms with van der Waals surface area (Å²) in [5.74, 6) is 1.63. The van der Waals surface area contributed by atoms with E-state index in [1.807, 2.05) is 6.92 Å². The molecule has 128 valence electrons. The van der Waals surface area contributed by atoms with E-state index in [2.05, 4.69) is 27.3 Å². The Bertz CT molecular complexity index is 528. The molecule has 0 saturated heterocycles. The Balaban J connectivity index is 1.87. The molecule has 0 bridgehead atoms. The second-order valence-electron chi connectivity index (χ2n) is 5.71. The van der Waals surface area contributed by atoms with Gasteiger partial charge in [-0.05, 0) is 37.0 Å². The first-order valence-corrected chi connectivity index (χ1v) is 7.70. The molecule has 1 aliphatic rings. The summed E-state index contributed by atoms with van der Waals surface area (Å²) in [5, 5.41) is 6.53. The fourth-order valence-electron chi connectivity index (χ4n) is 2.05. The van der Waals surface area contributed by atoms with Gasteiger partial charge < -0.3 is 15.4 Å². The average Bonchev–Trinajstić information content (AvgIpc) is 3.18. The number of ether oxygens (including phenoxy) is 1. The molecule has 0 aliphatic heterocycles. The summed E-state index contributed by atoms with van der Waals surface area (Å²) in [4.78, 5) is 4.49. The van der Waals surface area contributed by atoms with Crippen LogP contribution < -0.4 is 15.4 Å². The molecule has 2 N–H and O–H groups in total. The fourth-order valence-corrected chi connectivity index (χ4v) is 2.05. The van der Waals surface area contributed by atoms with E-state index in [9.17, 15) is 13.2 Å². The van der Waals surface area contributed by atoms with Crippen molar-refractivity contribution in [2.24, 2.45) is 10.9 Å². The van der Waals surface area contributed by atoms with Crippen LogP contribution in [0.5, 0.6) is 5.75 Å². The highest BCUT2D eigenvalue weighted by Gasteiger charge is 2.33. The SMILES string of the molecule is CCNC(=NCc1ccc(OCC(F)(F)F)cc1)NC1CC1C. The first-order chi connectivity index (χ1) is 10.9. The van der Waals surface area contributed by atoms with Gasteiger partial charge in [-0.2, -0.15) is 13.2 Å². The van der Waals surface area contributed by atoms with Gasteiger partial charge in [-0.15, -0.1) is 0 Å². The average molecular weight is 329 g/mol. The molecule has 1 aromatic rings. The molecule has 7 heteroatoms. The van der Waals surface area contributed by atoms with Gasteiger partial charge in [0.15, 0.2) is 12.6 Å². The number of rotatable bonds is 6. The van der Waals surface area contributed by atoms with Crippen molar-refractivity contribution < 1.29 is 17.9 Å². The van der Waals surface area contributed by atoms with Gasteiger partial charge in [0.05, 0.1) is 6.54 Å². The lowest BCUT2D eigenvalue weighted by molar-refractivity contribution is -0.153. The molecular formula is C16H22F3N3O. The van der Waals surface area contributed by atoms with E-state index < -0.39 is 12.8 Å². The van der Waals surface area contributed by atoms with Crippen LogP contribution in [-0.4, -0.2) is 31.3 Å². The zero-order valence-corrected chi connectivity index (χ0v) is 13.3. The van der Waals surface area contributed by atoms with E-state index in [-0.39, 0.29) is 5.75 Å². The minimum atomic E-state index is -4.32. The molecule has 2 unspecified atom stereocenters. The predicted octanol–water partition coefficient (Wildman–Crippen LogP) is 3.09. The third-order valence-electron chi connectivity index (χ3n) is 3.52. The summed E-state index contributed by atoms with van der Waals surface area (Å²) < 4.78 is 40.9. The quantitative estimate of drug-likeness (QED) is 0.623. The molecule has 23 heavy (non-hydrogen) atoms. The van der Waals surface area contributed by atoms with Crippen molar-refractivity contribution >= 4 is 5.96 Å². The number of nitrogens with zero attached hydrogens (tertiary/aromatic N) is 1. The van der Waals surface area contributed by atoms with E-state index in [1.165, 1.54) is 12.1 Å². The van der Waals surface area contributed by atoms with E-state index in [1.54, 1.807) is 12.1 Å². The van der Waals surface area contributed by atoms with E-state index in [0.29, 0.717) is 18.5 Å². The summed E-state index contributed by atoms with van der Waals surface area (Å²) in [6, 6.07) is 6.97. The highest BCUT2D eigenvalue weighted by Crippen LogP contribution is 2.28. The summed E-state index contributed by atoms with van der Waals surface area (Å²) in [6.45, 7) is 4.13. The van der Waals surface area contributed by atoms with Gasteiger partial charge in [-0.25, -0.2) is 4.99 Å². The van der Waals surface area contributed by atoms with Crippen LogP contribution in [0, 0.1) is 5.92 Å². The molecule has 1 saturated carbocycles. The summed E-state index contributed by atoms with van der Waals surface area (Å²) in [6.07, 6.45) is -3.18. The molecule has 1 aromatic carbocycles. The molecule has 2 atom stereocenters. The molecule has 1 fully saturated rings. The molecule has 1 aliphatic carbocycles. The molecule has 0 amide bonds. The Morgan fingerprint density at radius 2 is 1.96 bits per heavy atom. The number of benzene rings is 1. The van der Waals surface area contributed by atoms with Crippen molar-refractivity contribution in [2.75, 3.05) is 13.2 Å². The van der Waals surface area contributed by atoms with Crippen LogP contribution in [0.4, 0.5) is 13.2 Å². The van der Waals surface area contributed by atoms with Gasteiger partial charge in [0.25, 0.3) is 0 Å². The maximum Gasteiger partial charge on any atom is 0.422 e. The van der Waals surface area contributed by atoms with Crippen LogP contribution in [0.3, 0.4) is 0 Å². The zero-order valence-electron chi connectivity index (χ0n) is 13.3. The standard InChI is InChI=1S/C16H22F3N3O/c1-3-20-15(22-14-8-11(14)2)21-9-12-4-6-13(7-5-12)23-10-16(17,18)19/h4-7,11,14H,3,8-10H2,1-2H3,(H2,20,21,22). The van der Waals surface area contributed by atoms with Crippen LogP contribution in [0.25, 0.3) is 0 Å². The summed E-state index contributed by atoms with van der Waals surface area (Å²) in [7, 11) is 0. The molecule has 4 nitrogen and oxygen atoms in total. The van der Waals surface area contributed by atoms with Crippen molar-refractivity contribution in [3.05, 3.63) is 29.8 Å². The van der Waals surface area contributed by atoms with Crippen molar-refractivity contribution in [1.82, 2.24) is 10.6 Å². The van der Waals surface area contributed by atoms with Gasteiger partial charge in [0, 0.05) is 12.6 Å². The Morgan fingerprint density at radius 3 is 2.48 bits per heavy atom. The van der Waals surface area contributed by atoms with E-state index in [4.69, 9.17) is 0 Å². The maximum absolute atomic E-state index is 12.1. The number of hydrogen-bond donors (Lipinski definition) is 2. The van der Waals surface area contributed by atoms with Crippen molar-refractivity contribution in [3.63, 3.8) is 0 Å². The van der Waals surface area contributed by atoms with Crippen molar-refractivity contribution in [3.8, 4) is 5.75 Å². The number of hydrogen-bond acceptors (Lipinski definition) is 2. The largest absolute Gasteiger partial charge is 0.484 e. The Hall–Kier alpha value is -1.92. The third kappa shape index (κ3) is 6.38. The lowest BCUT2D eigenvalue weighted by Crippen LogP contribution is -2.39. The minimum absolute atomic E-state index is 0.201. The van der Waals surface area contributed by atoms with Gasteiger partial charge in [-0.3, -0.25) is 0 Å². The summed E-state index contributed by atoms with van der Waals surface area (Å²) >= 11 is 0. The highest BCUT2D eigenvalue weighted by molar-refractivity contribution is 5.80. The second kappa shape index (κ2) is 7.57. The van der Waals surface area contributed by atoms with Crippen LogP contribution in [0.15, 0.2) is 29.3 Å². The first kappa shape index (κ1) is 17.4. The fraction of sp³-hybridized carbons (Fsp3) is 0.562. The maximum atomic E-state index is 12.1. The van der Waals surface area contributed by atoms with E-state index in [0.717, 1.165) is 24.5 Å². The van der Waals surface area contributed by atoms with Gasteiger partial charge in [-0.1, -0.05) is 19.1 Å².